The zero-order valence-corrected chi connectivity index (χ0v) is 11.8. The molecule has 1 aromatic rings. The van der Waals surface area contributed by atoms with Crippen molar-refractivity contribution in [3.63, 3.8) is 0 Å². The third-order valence-electron chi connectivity index (χ3n) is 3.20. The Morgan fingerprint density at radius 3 is 2.76 bits per heavy atom. The summed E-state index contributed by atoms with van der Waals surface area (Å²) in [6.07, 6.45) is 4.71. The van der Waals surface area contributed by atoms with E-state index in [1.807, 2.05) is 6.26 Å². The second kappa shape index (κ2) is 5.27. The lowest BCUT2D eigenvalue weighted by molar-refractivity contribution is 0.694. The Labute approximate surface area is 112 Å². The summed E-state index contributed by atoms with van der Waals surface area (Å²) in [5, 5.41) is 3.55. The van der Waals surface area contributed by atoms with Crippen molar-refractivity contribution in [2.45, 2.75) is 30.7 Å². The minimum Gasteiger partial charge on any atom is -0.389 e. The van der Waals surface area contributed by atoms with Crippen LogP contribution in [0.25, 0.3) is 0 Å². The Bertz CT molecular complexity index is 427. The summed E-state index contributed by atoms with van der Waals surface area (Å²) < 4.78 is 0. The summed E-state index contributed by atoms with van der Waals surface area (Å²) in [5.74, 6) is 0.812. The predicted octanol–water partition coefficient (Wildman–Crippen LogP) is 3.25. The van der Waals surface area contributed by atoms with Crippen molar-refractivity contribution in [1.29, 1.82) is 0 Å². The molecule has 0 aromatic heterocycles. The molecule has 0 aliphatic heterocycles. The van der Waals surface area contributed by atoms with Crippen LogP contribution >= 0.6 is 24.0 Å². The van der Waals surface area contributed by atoms with Crippen molar-refractivity contribution in [3.8, 4) is 0 Å². The molecule has 1 unspecified atom stereocenters. The van der Waals surface area contributed by atoms with Gasteiger partial charge in [0.1, 0.15) is 4.99 Å². The number of nitrogens with two attached hydrogens (primary N) is 1. The first kappa shape index (κ1) is 12.7. The van der Waals surface area contributed by atoms with Gasteiger partial charge in [0, 0.05) is 22.2 Å². The number of hydrogen-bond acceptors (Lipinski definition) is 3. The summed E-state index contributed by atoms with van der Waals surface area (Å²) in [6.45, 7) is 2.23. The highest BCUT2D eigenvalue weighted by atomic mass is 32.2. The minimum absolute atomic E-state index is 0.473. The van der Waals surface area contributed by atoms with E-state index in [0.29, 0.717) is 11.0 Å². The van der Waals surface area contributed by atoms with E-state index in [4.69, 9.17) is 18.0 Å². The maximum atomic E-state index is 5.84. The summed E-state index contributed by atoms with van der Waals surface area (Å²) in [6, 6.07) is 6.68. The predicted molar refractivity (Wildman–Crippen MR) is 79.9 cm³/mol. The Balaban J connectivity index is 2.27. The van der Waals surface area contributed by atoms with Crippen LogP contribution in [0.2, 0.25) is 0 Å². The molecule has 2 rings (SSSR count). The molecule has 4 heteroatoms. The first-order valence-corrected chi connectivity index (χ1v) is 7.50. The SMILES string of the molecule is CSc1cccc(NC(C)C2CC2)c1C(N)=S. The number of anilines is 1. The first-order valence-electron chi connectivity index (χ1n) is 5.87. The average molecular weight is 266 g/mol. The van der Waals surface area contributed by atoms with Gasteiger partial charge in [-0.25, -0.2) is 0 Å². The van der Waals surface area contributed by atoms with E-state index in [2.05, 4.69) is 30.4 Å². The Morgan fingerprint density at radius 2 is 2.24 bits per heavy atom. The zero-order chi connectivity index (χ0) is 12.4. The second-order valence-electron chi connectivity index (χ2n) is 4.52. The standard InChI is InChI=1S/C13H18N2S2/c1-8(9-6-7-9)15-10-4-3-5-11(17-2)12(10)13(14)16/h3-5,8-9,15H,6-7H2,1-2H3,(H2,14,16). The molecule has 0 bridgehead atoms. The van der Waals surface area contributed by atoms with E-state index in [0.717, 1.165) is 22.1 Å². The fraction of sp³-hybridized carbons (Fsp3) is 0.462. The van der Waals surface area contributed by atoms with Gasteiger partial charge in [0.2, 0.25) is 0 Å². The van der Waals surface area contributed by atoms with Crippen LogP contribution in [0.15, 0.2) is 23.1 Å². The van der Waals surface area contributed by atoms with Crippen LogP contribution < -0.4 is 11.1 Å². The molecule has 0 heterocycles. The van der Waals surface area contributed by atoms with Crippen molar-refractivity contribution >= 4 is 34.7 Å². The fourth-order valence-electron chi connectivity index (χ4n) is 2.04. The molecule has 1 aliphatic carbocycles. The Morgan fingerprint density at radius 1 is 1.53 bits per heavy atom. The third kappa shape index (κ3) is 2.93. The van der Waals surface area contributed by atoms with Gasteiger partial charge in [-0.15, -0.1) is 11.8 Å². The van der Waals surface area contributed by atoms with Crippen molar-refractivity contribution in [3.05, 3.63) is 23.8 Å². The van der Waals surface area contributed by atoms with Gasteiger partial charge >= 0.3 is 0 Å². The molecule has 3 N–H and O–H groups in total. The third-order valence-corrected chi connectivity index (χ3v) is 4.19. The fourth-order valence-corrected chi connectivity index (χ4v) is 2.96. The monoisotopic (exact) mass is 266 g/mol. The maximum absolute atomic E-state index is 5.84. The van der Waals surface area contributed by atoms with Gasteiger partial charge in [-0.1, -0.05) is 18.3 Å². The van der Waals surface area contributed by atoms with Crippen LogP contribution in [0, 0.1) is 5.92 Å². The Hall–Kier alpha value is -0.740. The second-order valence-corrected chi connectivity index (χ2v) is 5.81. The topological polar surface area (TPSA) is 38.0 Å². The highest BCUT2D eigenvalue weighted by molar-refractivity contribution is 7.98. The van der Waals surface area contributed by atoms with Crippen LogP contribution in [0.1, 0.15) is 25.3 Å². The summed E-state index contributed by atoms with van der Waals surface area (Å²) in [5.41, 5.74) is 7.90. The van der Waals surface area contributed by atoms with Gasteiger partial charge in [0.25, 0.3) is 0 Å². The molecule has 1 saturated carbocycles. The van der Waals surface area contributed by atoms with Crippen LogP contribution in [-0.2, 0) is 0 Å². The van der Waals surface area contributed by atoms with Gasteiger partial charge in [-0.05, 0) is 44.1 Å². The lowest BCUT2D eigenvalue weighted by Gasteiger charge is -2.19. The molecule has 0 radical (unpaired) electrons. The highest BCUT2D eigenvalue weighted by Gasteiger charge is 2.28. The molecular formula is C13H18N2S2. The van der Waals surface area contributed by atoms with E-state index in [9.17, 15) is 0 Å². The van der Waals surface area contributed by atoms with Crippen LogP contribution in [0.3, 0.4) is 0 Å². The largest absolute Gasteiger partial charge is 0.389 e. The Kier molecular flexibility index (Phi) is 3.94. The molecule has 17 heavy (non-hydrogen) atoms. The maximum Gasteiger partial charge on any atom is 0.107 e. The smallest absolute Gasteiger partial charge is 0.107 e. The van der Waals surface area contributed by atoms with Gasteiger partial charge in [0.05, 0.1) is 0 Å². The number of hydrogen-bond donors (Lipinski definition) is 2. The quantitative estimate of drug-likeness (QED) is 0.634. The van der Waals surface area contributed by atoms with Gasteiger partial charge in [0.15, 0.2) is 0 Å². The van der Waals surface area contributed by atoms with Crippen molar-refractivity contribution < 1.29 is 0 Å². The molecule has 2 nitrogen and oxygen atoms in total. The minimum atomic E-state index is 0.473. The molecule has 0 spiro atoms. The van der Waals surface area contributed by atoms with Crippen molar-refractivity contribution in [2.75, 3.05) is 11.6 Å². The number of nitrogens with one attached hydrogen (secondary N) is 1. The molecule has 1 atom stereocenters. The summed E-state index contributed by atoms with van der Waals surface area (Å²) >= 11 is 6.84. The van der Waals surface area contributed by atoms with E-state index in [-0.39, 0.29) is 0 Å². The van der Waals surface area contributed by atoms with Gasteiger partial charge < -0.3 is 11.1 Å². The molecule has 1 aliphatic rings. The highest BCUT2D eigenvalue weighted by Crippen LogP contribution is 2.35. The zero-order valence-electron chi connectivity index (χ0n) is 10.2. The first-order chi connectivity index (χ1) is 8.13. The molecule has 1 fully saturated rings. The van der Waals surface area contributed by atoms with Crippen molar-refractivity contribution in [1.82, 2.24) is 0 Å². The summed E-state index contributed by atoms with van der Waals surface area (Å²) in [7, 11) is 0. The number of thiocarbonyl (C=S) groups is 1. The van der Waals surface area contributed by atoms with Crippen LogP contribution in [0.5, 0.6) is 0 Å². The number of benzene rings is 1. The lowest BCUT2D eigenvalue weighted by atomic mass is 10.1. The summed E-state index contributed by atoms with van der Waals surface area (Å²) in [4.78, 5) is 1.62. The normalized spacial score (nSPS) is 16.6. The van der Waals surface area contributed by atoms with Crippen molar-refractivity contribution in [2.24, 2.45) is 11.7 Å². The average Bonchev–Trinajstić information content (AvgIpc) is 3.11. The molecule has 92 valence electrons. The number of rotatable bonds is 5. The van der Waals surface area contributed by atoms with Gasteiger partial charge in [-0.2, -0.15) is 0 Å². The molecular weight excluding hydrogens is 248 g/mol. The molecule has 0 saturated heterocycles. The van der Waals surface area contributed by atoms with E-state index in [1.165, 1.54) is 12.8 Å². The van der Waals surface area contributed by atoms with Gasteiger partial charge in [-0.3, -0.25) is 0 Å². The molecule has 0 amide bonds. The van der Waals surface area contributed by atoms with E-state index >= 15 is 0 Å². The van der Waals surface area contributed by atoms with Crippen LogP contribution in [0.4, 0.5) is 5.69 Å². The van der Waals surface area contributed by atoms with Crippen LogP contribution in [-0.4, -0.2) is 17.3 Å². The lowest BCUT2D eigenvalue weighted by Crippen LogP contribution is -2.21. The molecule has 1 aromatic carbocycles. The van der Waals surface area contributed by atoms with E-state index < -0.39 is 0 Å². The number of thioether (sulfide) groups is 1. The van der Waals surface area contributed by atoms with E-state index in [1.54, 1.807) is 11.8 Å².